The summed E-state index contributed by atoms with van der Waals surface area (Å²) in [7, 11) is 4.11. The van der Waals surface area contributed by atoms with Gasteiger partial charge in [0.05, 0.1) is 5.69 Å². The van der Waals surface area contributed by atoms with E-state index in [0.29, 0.717) is 11.8 Å². The number of aromatic nitrogens is 2. The molecule has 1 atom stereocenters. The molecule has 0 saturated carbocycles. The van der Waals surface area contributed by atoms with Crippen LogP contribution in [0.1, 0.15) is 44.4 Å². The Morgan fingerprint density at radius 1 is 1.31 bits per heavy atom. The smallest absolute Gasteiger partial charge is 0.193 e. The number of rotatable bonds is 7. The van der Waals surface area contributed by atoms with Crippen LogP contribution < -0.4 is 10.2 Å². The number of aliphatic imine (C=N–C) groups is 1. The number of nitrogens with one attached hydrogen (secondary N) is 1. The van der Waals surface area contributed by atoms with Gasteiger partial charge in [0.2, 0.25) is 0 Å². The standard InChI is InChI=1S/C23H36N6/c1-6-24-23(27(4)16-20-17-28(5)26-22(20)18(2)3)25-14-19-12-13-29(15-19)21-10-8-7-9-11-21/h7-11,17-19H,6,12-16H2,1-5H3,(H,24,25). The lowest BCUT2D eigenvalue weighted by atomic mass is 10.1. The number of para-hydroxylation sites is 1. The molecule has 2 aromatic rings. The Morgan fingerprint density at radius 3 is 2.76 bits per heavy atom. The molecule has 1 fully saturated rings. The quantitative estimate of drug-likeness (QED) is 0.575. The van der Waals surface area contributed by atoms with E-state index in [4.69, 9.17) is 4.99 Å². The third-order valence-electron chi connectivity index (χ3n) is 5.49. The zero-order valence-corrected chi connectivity index (χ0v) is 18.6. The van der Waals surface area contributed by atoms with Crippen LogP contribution in [0.25, 0.3) is 0 Å². The fraction of sp³-hybridized carbons (Fsp3) is 0.565. The molecule has 1 aliphatic heterocycles. The van der Waals surface area contributed by atoms with Gasteiger partial charge in [-0.25, -0.2) is 0 Å². The predicted molar refractivity (Wildman–Crippen MR) is 122 cm³/mol. The van der Waals surface area contributed by atoms with Crippen molar-refractivity contribution in [3.05, 3.63) is 47.8 Å². The summed E-state index contributed by atoms with van der Waals surface area (Å²) in [5.41, 5.74) is 3.76. The lowest BCUT2D eigenvalue weighted by Crippen LogP contribution is -2.39. The number of hydrogen-bond donors (Lipinski definition) is 1. The van der Waals surface area contributed by atoms with Crippen molar-refractivity contribution in [1.29, 1.82) is 0 Å². The minimum Gasteiger partial charge on any atom is -0.371 e. The number of guanidine groups is 1. The summed E-state index contributed by atoms with van der Waals surface area (Å²) in [4.78, 5) is 9.67. The number of nitrogens with zero attached hydrogens (tertiary/aromatic N) is 5. The molecule has 1 aliphatic rings. The van der Waals surface area contributed by atoms with Gasteiger partial charge < -0.3 is 15.1 Å². The first-order chi connectivity index (χ1) is 14.0. The first kappa shape index (κ1) is 21.2. The summed E-state index contributed by atoms with van der Waals surface area (Å²) in [6.45, 7) is 11.3. The van der Waals surface area contributed by atoms with Gasteiger partial charge in [-0.1, -0.05) is 32.0 Å². The molecule has 6 nitrogen and oxygen atoms in total. The van der Waals surface area contributed by atoms with Gasteiger partial charge in [-0.3, -0.25) is 9.67 Å². The van der Waals surface area contributed by atoms with Crippen molar-refractivity contribution in [1.82, 2.24) is 20.0 Å². The molecule has 29 heavy (non-hydrogen) atoms. The maximum absolute atomic E-state index is 4.98. The van der Waals surface area contributed by atoms with Crippen molar-refractivity contribution in [3.8, 4) is 0 Å². The van der Waals surface area contributed by atoms with Crippen LogP contribution in [0.15, 0.2) is 41.5 Å². The van der Waals surface area contributed by atoms with Crippen LogP contribution in [0.3, 0.4) is 0 Å². The summed E-state index contributed by atoms with van der Waals surface area (Å²) < 4.78 is 1.92. The highest BCUT2D eigenvalue weighted by atomic mass is 15.3. The van der Waals surface area contributed by atoms with E-state index in [1.807, 2.05) is 11.7 Å². The Kier molecular flexibility index (Phi) is 7.18. The van der Waals surface area contributed by atoms with Gasteiger partial charge in [0, 0.05) is 64.3 Å². The molecule has 1 saturated heterocycles. The van der Waals surface area contributed by atoms with E-state index in [2.05, 4.69) is 84.6 Å². The summed E-state index contributed by atoms with van der Waals surface area (Å²) in [5.74, 6) is 1.99. The Morgan fingerprint density at radius 2 is 2.07 bits per heavy atom. The number of aryl methyl sites for hydroxylation is 1. The molecular weight excluding hydrogens is 360 g/mol. The second-order valence-corrected chi connectivity index (χ2v) is 8.35. The minimum absolute atomic E-state index is 0.418. The summed E-state index contributed by atoms with van der Waals surface area (Å²) in [6, 6.07) is 10.7. The molecular formula is C23H36N6. The topological polar surface area (TPSA) is 48.7 Å². The Bertz CT molecular complexity index is 795. The molecule has 158 valence electrons. The highest BCUT2D eigenvalue weighted by Crippen LogP contribution is 2.24. The first-order valence-corrected chi connectivity index (χ1v) is 10.8. The SMILES string of the molecule is CCNC(=NCC1CCN(c2ccccc2)C1)N(C)Cc1cn(C)nc1C(C)C. The third kappa shape index (κ3) is 5.52. The van der Waals surface area contributed by atoms with E-state index in [0.717, 1.165) is 38.7 Å². The fourth-order valence-corrected chi connectivity index (χ4v) is 4.03. The van der Waals surface area contributed by atoms with Gasteiger partial charge in [-0.05, 0) is 37.3 Å². The van der Waals surface area contributed by atoms with Crippen LogP contribution in [-0.4, -0.2) is 53.9 Å². The molecule has 1 aromatic carbocycles. The predicted octanol–water partition coefficient (Wildman–Crippen LogP) is 3.47. The molecule has 6 heteroatoms. The average Bonchev–Trinajstić information content (AvgIpc) is 3.32. The maximum Gasteiger partial charge on any atom is 0.193 e. The maximum atomic E-state index is 4.98. The van der Waals surface area contributed by atoms with Crippen LogP contribution in [0, 0.1) is 5.92 Å². The Hall–Kier alpha value is -2.50. The third-order valence-corrected chi connectivity index (χ3v) is 5.49. The van der Waals surface area contributed by atoms with Crippen molar-refractivity contribution < 1.29 is 0 Å². The van der Waals surface area contributed by atoms with Crippen molar-refractivity contribution >= 4 is 11.6 Å². The Labute approximate surface area is 175 Å². The molecule has 1 N–H and O–H groups in total. The van der Waals surface area contributed by atoms with E-state index >= 15 is 0 Å². The van der Waals surface area contributed by atoms with Gasteiger partial charge in [-0.2, -0.15) is 5.10 Å². The van der Waals surface area contributed by atoms with E-state index in [1.165, 1.54) is 23.4 Å². The lowest BCUT2D eigenvalue weighted by molar-refractivity contribution is 0.469. The van der Waals surface area contributed by atoms with Crippen LogP contribution in [0.4, 0.5) is 5.69 Å². The molecule has 3 rings (SSSR count). The number of anilines is 1. The first-order valence-electron chi connectivity index (χ1n) is 10.8. The van der Waals surface area contributed by atoms with Crippen molar-refractivity contribution in [2.24, 2.45) is 18.0 Å². The average molecular weight is 397 g/mol. The summed E-state index contributed by atoms with van der Waals surface area (Å²) in [5, 5.41) is 8.10. The van der Waals surface area contributed by atoms with Crippen molar-refractivity contribution in [2.45, 2.75) is 39.7 Å². The molecule has 0 bridgehead atoms. The second-order valence-electron chi connectivity index (χ2n) is 8.35. The van der Waals surface area contributed by atoms with E-state index < -0.39 is 0 Å². The zero-order chi connectivity index (χ0) is 20.8. The Balaban J connectivity index is 1.62. The van der Waals surface area contributed by atoms with Gasteiger partial charge >= 0.3 is 0 Å². The highest BCUT2D eigenvalue weighted by Gasteiger charge is 2.23. The van der Waals surface area contributed by atoms with Gasteiger partial charge in [0.15, 0.2) is 5.96 Å². The number of hydrogen-bond acceptors (Lipinski definition) is 3. The summed E-state index contributed by atoms with van der Waals surface area (Å²) >= 11 is 0. The van der Waals surface area contributed by atoms with Crippen molar-refractivity contribution in [2.75, 3.05) is 38.1 Å². The van der Waals surface area contributed by atoms with Gasteiger partial charge in [0.25, 0.3) is 0 Å². The van der Waals surface area contributed by atoms with E-state index in [-0.39, 0.29) is 0 Å². The van der Waals surface area contributed by atoms with Crippen LogP contribution in [0.2, 0.25) is 0 Å². The zero-order valence-electron chi connectivity index (χ0n) is 18.6. The lowest BCUT2D eigenvalue weighted by Gasteiger charge is -2.23. The van der Waals surface area contributed by atoms with Crippen LogP contribution in [-0.2, 0) is 13.6 Å². The van der Waals surface area contributed by atoms with Crippen molar-refractivity contribution in [3.63, 3.8) is 0 Å². The van der Waals surface area contributed by atoms with Crippen LogP contribution in [0.5, 0.6) is 0 Å². The molecule has 0 radical (unpaired) electrons. The minimum atomic E-state index is 0.418. The van der Waals surface area contributed by atoms with Gasteiger partial charge in [-0.15, -0.1) is 0 Å². The molecule has 1 aromatic heterocycles. The fourth-order valence-electron chi connectivity index (χ4n) is 4.03. The molecule has 0 spiro atoms. The molecule has 2 heterocycles. The van der Waals surface area contributed by atoms with E-state index in [1.54, 1.807) is 0 Å². The molecule has 0 aliphatic carbocycles. The summed E-state index contributed by atoms with van der Waals surface area (Å²) in [6.07, 6.45) is 3.33. The molecule has 1 unspecified atom stereocenters. The number of benzene rings is 1. The van der Waals surface area contributed by atoms with Crippen LogP contribution >= 0.6 is 0 Å². The largest absolute Gasteiger partial charge is 0.371 e. The molecule has 0 amide bonds. The normalized spacial score (nSPS) is 17.2. The van der Waals surface area contributed by atoms with Gasteiger partial charge in [0.1, 0.15) is 0 Å². The monoisotopic (exact) mass is 396 g/mol. The highest BCUT2D eigenvalue weighted by molar-refractivity contribution is 5.79. The second kappa shape index (κ2) is 9.81. The van der Waals surface area contributed by atoms with E-state index in [9.17, 15) is 0 Å².